The maximum atomic E-state index is 5.95. The summed E-state index contributed by atoms with van der Waals surface area (Å²) < 4.78 is 5.80. The molecule has 0 aliphatic rings. The van der Waals surface area contributed by atoms with Crippen molar-refractivity contribution in [3.63, 3.8) is 0 Å². The van der Waals surface area contributed by atoms with Crippen LogP contribution in [0.1, 0.15) is 24.1 Å². The number of ether oxygens (including phenoxy) is 1. The van der Waals surface area contributed by atoms with Gasteiger partial charge in [0, 0.05) is 11.1 Å². The van der Waals surface area contributed by atoms with E-state index in [2.05, 4.69) is 24.4 Å². The van der Waals surface area contributed by atoms with Gasteiger partial charge in [0.2, 0.25) is 0 Å². The first-order valence-electron chi connectivity index (χ1n) is 6.33. The lowest BCUT2D eigenvalue weighted by Gasteiger charge is -2.13. The molecule has 19 heavy (non-hydrogen) atoms. The van der Waals surface area contributed by atoms with Gasteiger partial charge in [0.25, 0.3) is 0 Å². The molecule has 1 atom stereocenters. The molecule has 0 spiro atoms. The third kappa shape index (κ3) is 3.98. The number of hydrogen-bond donors (Lipinski definition) is 1. The van der Waals surface area contributed by atoms with E-state index in [0.717, 1.165) is 16.3 Å². The number of hydrogen-bond acceptors (Lipinski definition) is 2. The van der Waals surface area contributed by atoms with Crippen LogP contribution in [0.4, 0.5) is 0 Å². The van der Waals surface area contributed by atoms with E-state index in [1.807, 2.05) is 43.4 Å². The Morgan fingerprint density at radius 3 is 2.68 bits per heavy atom. The molecule has 0 bridgehead atoms. The molecule has 0 aliphatic heterocycles. The van der Waals surface area contributed by atoms with Gasteiger partial charge in [-0.1, -0.05) is 35.9 Å². The van der Waals surface area contributed by atoms with Gasteiger partial charge in [-0.05, 0) is 49.4 Å². The van der Waals surface area contributed by atoms with Crippen molar-refractivity contribution in [2.45, 2.75) is 19.6 Å². The standard InChI is InChI=1S/C16H18ClNO/c1-12(18-2)14-6-4-8-16(10-14)19-11-13-5-3-7-15(17)9-13/h3-10,12,18H,11H2,1-2H3. The molecule has 0 aromatic heterocycles. The van der Waals surface area contributed by atoms with Gasteiger partial charge in [0.05, 0.1) is 0 Å². The second-order valence-corrected chi connectivity index (χ2v) is 4.94. The second-order valence-electron chi connectivity index (χ2n) is 4.50. The SMILES string of the molecule is CNC(C)c1cccc(OCc2cccc(Cl)c2)c1. The predicted octanol–water partition coefficient (Wildman–Crippen LogP) is 4.20. The summed E-state index contributed by atoms with van der Waals surface area (Å²) >= 11 is 5.95. The summed E-state index contributed by atoms with van der Waals surface area (Å²) in [5.74, 6) is 0.875. The fraction of sp³-hybridized carbons (Fsp3) is 0.250. The molecule has 2 nitrogen and oxygen atoms in total. The fourth-order valence-electron chi connectivity index (χ4n) is 1.83. The predicted molar refractivity (Wildman–Crippen MR) is 79.7 cm³/mol. The van der Waals surface area contributed by atoms with Crippen LogP contribution in [0, 0.1) is 0 Å². The third-order valence-corrected chi connectivity index (χ3v) is 3.32. The molecule has 1 unspecified atom stereocenters. The number of benzene rings is 2. The maximum absolute atomic E-state index is 5.95. The van der Waals surface area contributed by atoms with Crippen molar-refractivity contribution in [3.05, 3.63) is 64.7 Å². The van der Waals surface area contributed by atoms with Gasteiger partial charge in [-0.15, -0.1) is 0 Å². The van der Waals surface area contributed by atoms with Crippen molar-refractivity contribution in [3.8, 4) is 5.75 Å². The molecule has 0 amide bonds. The summed E-state index contributed by atoms with van der Waals surface area (Å²) in [6.07, 6.45) is 0. The van der Waals surface area contributed by atoms with Gasteiger partial charge < -0.3 is 10.1 Å². The smallest absolute Gasteiger partial charge is 0.120 e. The van der Waals surface area contributed by atoms with Gasteiger partial charge in [-0.25, -0.2) is 0 Å². The van der Waals surface area contributed by atoms with Crippen molar-refractivity contribution in [1.82, 2.24) is 5.32 Å². The summed E-state index contributed by atoms with van der Waals surface area (Å²) in [6.45, 7) is 2.65. The van der Waals surface area contributed by atoms with Gasteiger partial charge in [-0.2, -0.15) is 0 Å². The summed E-state index contributed by atoms with van der Waals surface area (Å²) in [4.78, 5) is 0. The maximum Gasteiger partial charge on any atom is 0.120 e. The quantitative estimate of drug-likeness (QED) is 0.883. The van der Waals surface area contributed by atoms with Crippen LogP contribution in [-0.2, 0) is 6.61 Å². The Morgan fingerprint density at radius 1 is 1.16 bits per heavy atom. The molecular formula is C16H18ClNO. The van der Waals surface area contributed by atoms with Gasteiger partial charge in [0.15, 0.2) is 0 Å². The first kappa shape index (κ1) is 13.9. The number of halogens is 1. The average Bonchev–Trinajstić information content (AvgIpc) is 2.45. The number of nitrogens with one attached hydrogen (secondary N) is 1. The molecule has 1 N–H and O–H groups in total. The molecule has 0 saturated carbocycles. The van der Waals surface area contributed by atoms with E-state index in [4.69, 9.17) is 16.3 Å². The lowest BCUT2D eigenvalue weighted by atomic mass is 10.1. The molecule has 2 aromatic rings. The minimum absolute atomic E-state index is 0.315. The highest BCUT2D eigenvalue weighted by molar-refractivity contribution is 6.30. The second kappa shape index (κ2) is 6.60. The molecule has 0 saturated heterocycles. The molecular weight excluding hydrogens is 258 g/mol. The van der Waals surface area contributed by atoms with Crippen LogP contribution in [0.2, 0.25) is 5.02 Å². The molecule has 0 aliphatic carbocycles. The summed E-state index contributed by atoms with van der Waals surface area (Å²) in [7, 11) is 1.95. The minimum Gasteiger partial charge on any atom is -0.489 e. The van der Waals surface area contributed by atoms with Crippen molar-refractivity contribution >= 4 is 11.6 Å². The summed E-state index contributed by atoms with van der Waals surface area (Å²) in [5.41, 5.74) is 2.28. The van der Waals surface area contributed by atoms with Crippen molar-refractivity contribution < 1.29 is 4.74 Å². The van der Waals surface area contributed by atoms with E-state index in [1.54, 1.807) is 0 Å². The van der Waals surface area contributed by atoms with E-state index in [-0.39, 0.29) is 0 Å². The Morgan fingerprint density at radius 2 is 1.95 bits per heavy atom. The minimum atomic E-state index is 0.315. The topological polar surface area (TPSA) is 21.3 Å². The fourth-order valence-corrected chi connectivity index (χ4v) is 2.05. The molecule has 3 heteroatoms. The monoisotopic (exact) mass is 275 g/mol. The van der Waals surface area contributed by atoms with Crippen LogP contribution in [0.3, 0.4) is 0 Å². The van der Waals surface area contributed by atoms with Crippen molar-refractivity contribution in [1.29, 1.82) is 0 Å². The molecule has 100 valence electrons. The zero-order valence-electron chi connectivity index (χ0n) is 11.2. The third-order valence-electron chi connectivity index (χ3n) is 3.09. The molecule has 0 radical (unpaired) electrons. The average molecular weight is 276 g/mol. The Labute approximate surface area is 119 Å². The molecule has 0 heterocycles. The Balaban J connectivity index is 2.03. The summed E-state index contributed by atoms with van der Waals surface area (Å²) in [5, 5.41) is 3.95. The van der Waals surface area contributed by atoms with Crippen LogP contribution in [0.15, 0.2) is 48.5 Å². The largest absolute Gasteiger partial charge is 0.489 e. The highest BCUT2D eigenvalue weighted by atomic mass is 35.5. The van der Waals surface area contributed by atoms with Crippen LogP contribution in [0.5, 0.6) is 5.75 Å². The van der Waals surface area contributed by atoms with Crippen LogP contribution >= 0.6 is 11.6 Å². The Bertz CT molecular complexity index is 542. The molecule has 2 aromatic carbocycles. The highest BCUT2D eigenvalue weighted by Crippen LogP contribution is 2.20. The first-order chi connectivity index (χ1) is 9.19. The van der Waals surface area contributed by atoms with Gasteiger partial charge >= 0.3 is 0 Å². The lowest BCUT2D eigenvalue weighted by molar-refractivity contribution is 0.305. The zero-order chi connectivity index (χ0) is 13.7. The number of rotatable bonds is 5. The van der Waals surface area contributed by atoms with Gasteiger partial charge in [-0.3, -0.25) is 0 Å². The first-order valence-corrected chi connectivity index (χ1v) is 6.71. The normalized spacial score (nSPS) is 12.2. The van der Waals surface area contributed by atoms with Crippen LogP contribution < -0.4 is 10.1 Å². The van der Waals surface area contributed by atoms with E-state index in [0.29, 0.717) is 12.6 Å². The van der Waals surface area contributed by atoms with E-state index < -0.39 is 0 Å². The van der Waals surface area contributed by atoms with Crippen LogP contribution in [-0.4, -0.2) is 7.05 Å². The van der Waals surface area contributed by atoms with E-state index in [9.17, 15) is 0 Å². The van der Waals surface area contributed by atoms with E-state index in [1.165, 1.54) is 5.56 Å². The lowest BCUT2D eigenvalue weighted by Crippen LogP contribution is -2.12. The van der Waals surface area contributed by atoms with Crippen molar-refractivity contribution in [2.75, 3.05) is 7.05 Å². The van der Waals surface area contributed by atoms with E-state index >= 15 is 0 Å². The summed E-state index contributed by atoms with van der Waals surface area (Å²) in [6, 6.07) is 16.2. The van der Waals surface area contributed by atoms with Crippen molar-refractivity contribution in [2.24, 2.45) is 0 Å². The Kier molecular flexibility index (Phi) is 4.83. The molecule has 2 rings (SSSR count). The zero-order valence-corrected chi connectivity index (χ0v) is 11.9. The molecule has 0 fully saturated rings. The highest BCUT2D eigenvalue weighted by Gasteiger charge is 2.04. The van der Waals surface area contributed by atoms with Gasteiger partial charge in [0.1, 0.15) is 12.4 Å². The van der Waals surface area contributed by atoms with Crippen LogP contribution in [0.25, 0.3) is 0 Å². The Hall–Kier alpha value is -1.51.